The van der Waals surface area contributed by atoms with Gasteiger partial charge in [-0.2, -0.15) is 28.6 Å². The Morgan fingerprint density at radius 3 is 2.63 bits per heavy atom. The Balaban J connectivity index is 2.28. The number of hydrogen-bond donors (Lipinski definition) is 3. The second-order valence-corrected chi connectivity index (χ2v) is 3.97. The van der Waals surface area contributed by atoms with Gasteiger partial charge in [0.1, 0.15) is 5.69 Å². The fourth-order valence-corrected chi connectivity index (χ4v) is 1.82. The average molecular weight is 271 g/mol. The van der Waals surface area contributed by atoms with E-state index >= 15 is 0 Å². The number of hydrazine groups is 1. The quantitative estimate of drug-likeness (QED) is 0.582. The molecule has 5 nitrogen and oxygen atoms in total. The number of nitrogens with two attached hydrogens (primary N) is 1. The number of nitrogens with zero attached hydrogens (tertiary/aromatic N) is 2. The molecule has 0 amide bonds. The predicted octanol–water partition coefficient (Wildman–Crippen LogP) is 1.57. The lowest BCUT2D eigenvalue weighted by Gasteiger charge is -2.17. The van der Waals surface area contributed by atoms with Gasteiger partial charge in [0.15, 0.2) is 0 Å². The van der Waals surface area contributed by atoms with Crippen molar-refractivity contribution in [1.29, 1.82) is 0 Å². The third kappa shape index (κ3) is 3.09. The number of aromatic amines is 1. The lowest BCUT2D eigenvalue weighted by atomic mass is 9.99. The Morgan fingerprint density at radius 1 is 1.32 bits per heavy atom. The van der Waals surface area contributed by atoms with Gasteiger partial charge in [-0.3, -0.25) is 11.3 Å². The number of H-pyrrole nitrogens is 1. The Morgan fingerprint density at radius 2 is 2.05 bits per heavy atom. The van der Waals surface area contributed by atoms with Crippen molar-refractivity contribution in [1.82, 2.24) is 20.8 Å². The molecular formula is C11H12F3N5. The standard InChI is InChI=1S/C11H12F3N5/c12-11(13,14)8-4-2-1-3-7(8)5-9(17-15)10-6-16-19-18-10/h1-4,6,9,17H,5,15H2,(H,16,18,19). The van der Waals surface area contributed by atoms with Crippen LogP contribution in [0.15, 0.2) is 30.5 Å². The van der Waals surface area contributed by atoms with Crippen LogP contribution < -0.4 is 11.3 Å². The normalized spacial score (nSPS) is 13.5. The molecule has 2 aromatic rings. The summed E-state index contributed by atoms with van der Waals surface area (Å²) in [5.74, 6) is 5.36. The van der Waals surface area contributed by atoms with E-state index in [4.69, 9.17) is 5.84 Å². The van der Waals surface area contributed by atoms with E-state index in [1.807, 2.05) is 0 Å². The van der Waals surface area contributed by atoms with Gasteiger partial charge in [-0.05, 0) is 18.1 Å². The maximum atomic E-state index is 12.9. The van der Waals surface area contributed by atoms with Crippen LogP contribution in [0.1, 0.15) is 22.9 Å². The van der Waals surface area contributed by atoms with Crippen molar-refractivity contribution in [3.63, 3.8) is 0 Å². The van der Waals surface area contributed by atoms with Crippen molar-refractivity contribution in [2.45, 2.75) is 18.6 Å². The number of hydrogen-bond acceptors (Lipinski definition) is 4. The number of nitrogens with one attached hydrogen (secondary N) is 2. The molecule has 1 aromatic heterocycles. The van der Waals surface area contributed by atoms with Crippen LogP contribution in [0.4, 0.5) is 13.2 Å². The summed E-state index contributed by atoms with van der Waals surface area (Å²) in [6.45, 7) is 0. The monoisotopic (exact) mass is 271 g/mol. The molecule has 4 N–H and O–H groups in total. The number of alkyl halides is 3. The predicted molar refractivity (Wildman–Crippen MR) is 61.6 cm³/mol. The first-order valence-corrected chi connectivity index (χ1v) is 5.49. The molecule has 0 fully saturated rings. The maximum Gasteiger partial charge on any atom is 0.416 e. The largest absolute Gasteiger partial charge is 0.416 e. The summed E-state index contributed by atoms with van der Waals surface area (Å²) >= 11 is 0. The van der Waals surface area contributed by atoms with E-state index in [9.17, 15) is 13.2 Å². The van der Waals surface area contributed by atoms with Crippen molar-refractivity contribution in [3.05, 3.63) is 47.3 Å². The molecular weight excluding hydrogens is 259 g/mol. The van der Waals surface area contributed by atoms with Gasteiger partial charge in [0.25, 0.3) is 0 Å². The summed E-state index contributed by atoms with van der Waals surface area (Å²) in [6.07, 6.45) is -2.90. The third-order valence-electron chi connectivity index (χ3n) is 2.74. The second kappa shape index (κ2) is 5.37. The highest BCUT2D eigenvalue weighted by molar-refractivity contribution is 5.31. The molecule has 19 heavy (non-hydrogen) atoms. The highest BCUT2D eigenvalue weighted by Gasteiger charge is 2.33. The van der Waals surface area contributed by atoms with Crippen LogP contribution in [0, 0.1) is 0 Å². The zero-order chi connectivity index (χ0) is 13.9. The SMILES string of the molecule is NNC(Cc1ccccc1C(F)(F)F)c1cn[nH]n1. The molecule has 0 aliphatic heterocycles. The summed E-state index contributed by atoms with van der Waals surface area (Å²) in [5.41, 5.74) is 2.39. The van der Waals surface area contributed by atoms with E-state index < -0.39 is 17.8 Å². The molecule has 102 valence electrons. The fourth-order valence-electron chi connectivity index (χ4n) is 1.82. The van der Waals surface area contributed by atoms with Crippen LogP contribution in [0.2, 0.25) is 0 Å². The summed E-state index contributed by atoms with van der Waals surface area (Å²) < 4.78 is 38.6. The van der Waals surface area contributed by atoms with Crippen molar-refractivity contribution in [3.8, 4) is 0 Å². The number of rotatable bonds is 4. The van der Waals surface area contributed by atoms with Crippen LogP contribution in [0.3, 0.4) is 0 Å². The minimum absolute atomic E-state index is 0.0682. The summed E-state index contributed by atoms with van der Waals surface area (Å²) in [7, 11) is 0. The van der Waals surface area contributed by atoms with E-state index in [1.54, 1.807) is 6.07 Å². The van der Waals surface area contributed by atoms with Crippen LogP contribution in [0.25, 0.3) is 0 Å². The molecule has 0 radical (unpaired) electrons. The Kier molecular flexibility index (Phi) is 3.82. The Labute approximate surface area is 107 Å². The second-order valence-electron chi connectivity index (χ2n) is 3.97. The van der Waals surface area contributed by atoms with Gasteiger partial charge >= 0.3 is 6.18 Å². The molecule has 0 saturated heterocycles. The zero-order valence-corrected chi connectivity index (χ0v) is 9.78. The molecule has 0 aliphatic rings. The first-order valence-electron chi connectivity index (χ1n) is 5.49. The highest BCUT2D eigenvalue weighted by Crippen LogP contribution is 2.33. The molecule has 2 rings (SSSR count). The molecule has 0 saturated carbocycles. The molecule has 1 aromatic carbocycles. The molecule has 8 heteroatoms. The summed E-state index contributed by atoms with van der Waals surface area (Å²) in [4.78, 5) is 0. The van der Waals surface area contributed by atoms with Crippen molar-refractivity contribution >= 4 is 0 Å². The summed E-state index contributed by atoms with van der Waals surface area (Å²) in [6, 6.07) is 4.84. The lowest BCUT2D eigenvalue weighted by molar-refractivity contribution is -0.138. The Hall–Kier alpha value is -1.93. The van der Waals surface area contributed by atoms with Crippen LogP contribution in [0.5, 0.6) is 0 Å². The smallest absolute Gasteiger partial charge is 0.271 e. The van der Waals surface area contributed by atoms with E-state index in [1.165, 1.54) is 18.3 Å². The fraction of sp³-hybridized carbons (Fsp3) is 0.273. The highest BCUT2D eigenvalue weighted by atomic mass is 19.4. The van der Waals surface area contributed by atoms with Crippen LogP contribution in [-0.4, -0.2) is 15.4 Å². The lowest BCUT2D eigenvalue weighted by Crippen LogP contribution is -2.30. The van der Waals surface area contributed by atoms with Gasteiger partial charge in [0.2, 0.25) is 0 Å². The van der Waals surface area contributed by atoms with Crippen molar-refractivity contribution in [2.75, 3.05) is 0 Å². The third-order valence-corrected chi connectivity index (χ3v) is 2.74. The zero-order valence-electron chi connectivity index (χ0n) is 9.78. The van der Waals surface area contributed by atoms with Crippen molar-refractivity contribution in [2.24, 2.45) is 5.84 Å². The van der Waals surface area contributed by atoms with Crippen LogP contribution >= 0.6 is 0 Å². The van der Waals surface area contributed by atoms with Gasteiger partial charge < -0.3 is 0 Å². The van der Waals surface area contributed by atoms with Gasteiger partial charge in [-0.1, -0.05) is 18.2 Å². The number of halogens is 3. The van der Waals surface area contributed by atoms with Gasteiger partial charge in [-0.15, -0.1) is 0 Å². The maximum absolute atomic E-state index is 12.9. The molecule has 0 bridgehead atoms. The molecule has 1 unspecified atom stereocenters. The van der Waals surface area contributed by atoms with E-state index in [0.29, 0.717) is 5.69 Å². The molecule has 0 spiro atoms. The first kappa shape index (κ1) is 13.5. The number of benzene rings is 1. The topological polar surface area (TPSA) is 79.6 Å². The van der Waals surface area contributed by atoms with E-state index in [2.05, 4.69) is 20.8 Å². The van der Waals surface area contributed by atoms with E-state index in [0.717, 1.165) is 6.07 Å². The van der Waals surface area contributed by atoms with Gasteiger partial charge in [-0.25, -0.2) is 0 Å². The number of aromatic nitrogens is 3. The minimum atomic E-state index is -4.39. The van der Waals surface area contributed by atoms with Gasteiger partial charge in [0.05, 0.1) is 17.8 Å². The molecule has 0 aliphatic carbocycles. The minimum Gasteiger partial charge on any atom is -0.271 e. The van der Waals surface area contributed by atoms with E-state index in [-0.39, 0.29) is 12.0 Å². The summed E-state index contributed by atoms with van der Waals surface area (Å²) in [5, 5.41) is 9.82. The first-order chi connectivity index (χ1) is 9.02. The van der Waals surface area contributed by atoms with Gasteiger partial charge in [0, 0.05) is 0 Å². The molecule has 1 heterocycles. The average Bonchev–Trinajstić information content (AvgIpc) is 2.89. The van der Waals surface area contributed by atoms with Crippen molar-refractivity contribution < 1.29 is 13.2 Å². The molecule has 1 atom stereocenters. The Bertz CT molecular complexity index is 523. The van der Waals surface area contributed by atoms with Crippen LogP contribution in [-0.2, 0) is 12.6 Å².